The summed E-state index contributed by atoms with van der Waals surface area (Å²) >= 11 is 5.75. The molecule has 1 aromatic carbocycles. The molecule has 5 nitrogen and oxygen atoms in total. The minimum absolute atomic E-state index is 0.121. The van der Waals surface area contributed by atoms with Gasteiger partial charge in [-0.1, -0.05) is 29.8 Å². The molecule has 0 bridgehead atoms. The molecule has 1 atom stereocenters. The number of rotatable bonds is 2. The van der Waals surface area contributed by atoms with Gasteiger partial charge in [-0.25, -0.2) is 4.98 Å². The Morgan fingerprint density at radius 3 is 2.86 bits per heavy atom. The Hall–Kier alpha value is -2.40. The lowest BCUT2D eigenvalue weighted by molar-refractivity contribution is -0.123. The third-order valence-electron chi connectivity index (χ3n) is 3.29. The molecule has 3 rings (SSSR count). The molecule has 2 aromatic rings. The van der Waals surface area contributed by atoms with Gasteiger partial charge in [-0.3, -0.25) is 9.59 Å². The average Bonchev–Trinajstić information content (AvgIpc) is 2.48. The van der Waals surface area contributed by atoms with Crippen molar-refractivity contribution in [1.82, 2.24) is 4.98 Å². The van der Waals surface area contributed by atoms with Gasteiger partial charge in [0.05, 0.1) is 10.9 Å². The van der Waals surface area contributed by atoms with Gasteiger partial charge in [0.25, 0.3) is 0 Å². The van der Waals surface area contributed by atoms with Gasteiger partial charge in [-0.15, -0.1) is 0 Å². The molecule has 2 heterocycles. The fourth-order valence-corrected chi connectivity index (χ4v) is 2.42. The predicted octanol–water partition coefficient (Wildman–Crippen LogP) is 2.80. The highest BCUT2D eigenvalue weighted by atomic mass is 35.5. The first-order valence-electron chi connectivity index (χ1n) is 6.44. The van der Waals surface area contributed by atoms with E-state index in [0.29, 0.717) is 16.5 Å². The molecule has 2 amide bonds. The summed E-state index contributed by atoms with van der Waals surface area (Å²) in [5.74, 6) is -0.537. The Balaban J connectivity index is 1.84. The number of pyridine rings is 1. The van der Waals surface area contributed by atoms with E-state index in [1.165, 1.54) is 6.20 Å². The van der Waals surface area contributed by atoms with Crippen LogP contribution >= 0.6 is 11.6 Å². The summed E-state index contributed by atoms with van der Waals surface area (Å²) in [6.07, 6.45) is 1.58. The third kappa shape index (κ3) is 2.87. The maximum absolute atomic E-state index is 12.4. The minimum atomic E-state index is -0.521. The van der Waals surface area contributed by atoms with Crippen molar-refractivity contribution < 1.29 is 9.59 Å². The van der Waals surface area contributed by atoms with Crippen LogP contribution in [-0.4, -0.2) is 16.8 Å². The molecule has 0 saturated carbocycles. The zero-order valence-corrected chi connectivity index (χ0v) is 11.7. The number of para-hydroxylation sites is 1. The third-order valence-corrected chi connectivity index (χ3v) is 3.52. The Labute approximate surface area is 126 Å². The van der Waals surface area contributed by atoms with Crippen LogP contribution in [0.15, 0.2) is 42.6 Å². The second-order valence-electron chi connectivity index (χ2n) is 4.74. The molecule has 0 spiro atoms. The number of hydrogen-bond donors (Lipinski definition) is 2. The minimum Gasteiger partial charge on any atom is -0.326 e. The van der Waals surface area contributed by atoms with Crippen LogP contribution in [0.4, 0.5) is 11.5 Å². The monoisotopic (exact) mass is 301 g/mol. The molecule has 1 aliphatic rings. The number of nitrogens with one attached hydrogen (secondary N) is 2. The molecule has 1 aromatic heterocycles. The molecule has 106 valence electrons. The smallest absolute Gasteiger partial charge is 0.233 e. The normalized spacial score (nSPS) is 16.8. The quantitative estimate of drug-likeness (QED) is 0.896. The number of hydrogen-bond acceptors (Lipinski definition) is 3. The Kier molecular flexibility index (Phi) is 3.58. The van der Waals surface area contributed by atoms with Crippen molar-refractivity contribution in [2.45, 2.75) is 12.3 Å². The highest BCUT2D eigenvalue weighted by Gasteiger charge is 2.30. The Morgan fingerprint density at radius 1 is 1.29 bits per heavy atom. The number of amides is 2. The second kappa shape index (κ2) is 5.54. The number of carbonyl (C=O) groups excluding carboxylic acids is 2. The fraction of sp³-hybridized carbons (Fsp3) is 0.133. The molecular weight excluding hydrogens is 290 g/mol. The van der Waals surface area contributed by atoms with Crippen molar-refractivity contribution >= 4 is 34.9 Å². The maximum atomic E-state index is 12.4. The molecule has 21 heavy (non-hydrogen) atoms. The van der Waals surface area contributed by atoms with E-state index < -0.39 is 5.92 Å². The molecule has 6 heteroatoms. The van der Waals surface area contributed by atoms with Crippen molar-refractivity contribution in [2.24, 2.45) is 0 Å². The number of anilines is 2. The van der Waals surface area contributed by atoms with Crippen LogP contribution in [-0.2, 0) is 9.59 Å². The van der Waals surface area contributed by atoms with Crippen molar-refractivity contribution in [3.05, 3.63) is 53.2 Å². The Morgan fingerprint density at radius 2 is 2.10 bits per heavy atom. The zero-order valence-electron chi connectivity index (χ0n) is 11.0. The number of carbonyl (C=O) groups is 2. The van der Waals surface area contributed by atoms with E-state index in [1.54, 1.807) is 18.2 Å². The van der Waals surface area contributed by atoms with Crippen molar-refractivity contribution in [2.75, 3.05) is 10.6 Å². The second-order valence-corrected chi connectivity index (χ2v) is 5.18. The van der Waals surface area contributed by atoms with E-state index in [9.17, 15) is 9.59 Å². The summed E-state index contributed by atoms with van der Waals surface area (Å²) in [6.45, 7) is 0. The number of halogens is 1. The molecular formula is C15H12ClN3O2. The molecule has 0 saturated heterocycles. The molecule has 1 aliphatic heterocycles. The van der Waals surface area contributed by atoms with Crippen LogP contribution in [0.5, 0.6) is 0 Å². The van der Waals surface area contributed by atoms with Crippen LogP contribution in [0, 0.1) is 0 Å². The number of aromatic nitrogens is 1. The van der Waals surface area contributed by atoms with E-state index >= 15 is 0 Å². The maximum Gasteiger partial charge on any atom is 0.233 e. The van der Waals surface area contributed by atoms with Gasteiger partial charge in [-0.2, -0.15) is 0 Å². The molecule has 1 unspecified atom stereocenters. The molecule has 2 N–H and O–H groups in total. The van der Waals surface area contributed by atoms with E-state index in [2.05, 4.69) is 15.6 Å². The summed E-state index contributed by atoms with van der Waals surface area (Å²) in [7, 11) is 0. The van der Waals surface area contributed by atoms with Crippen LogP contribution < -0.4 is 10.6 Å². The van der Waals surface area contributed by atoms with E-state index in [4.69, 9.17) is 11.6 Å². The molecule has 0 fully saturated rings. The first-order chi connectivity index (χ1) is 10.1. The lowest BCUT2D eigenvalue weighted by Gasteiger charge is -2.24. The van der Waals surface area contributed by atoms with Crippen LogP contribution in [0.25, 0.3) is 0 Å². The lowest BCUT2D eigenvalue weighted by Crippen LogP contribution is -2.30. The molecule has 0 aliphatic carbocycles. The number of fused-ring (bicyclic) bond motifs is 1. The summed E-state index contributed by atoms with van der Waals surface area (Å²) in [5, 5.41) is 5.97. The topological polar surface area (TPSA) is 71.1 Å². The summed E-state index contributed by atoms with van der Waals surface area (Å²) in [4.78, 5) is 28.1. The van der Waals surface area contributed by atoms with Gasteiger partial charge in [0.1, 0.15) is 5.82 Å². The highest BCUT2D eigenvalue weighted by molar-refractivity contribution is 6.30. The van der Waals surface area contributed by atoms with Gasteiger partial charge in [0, 0.05) is 18.3 Å². The average molecular weight is 302 g/mol. The predicted molar refractivity (Wildman–Crippen MR) is 80.3 cm³/mol. The lowest BCUT2D eigenvalue weighted by atomic mass is 9.90. The first-order valence-corrected chi connectivity index (χ1v) is 6.82. The highest BCUT2D eigenvalue weighted by Crippen LogP contribution is 2.32. The van der Waals surface area contributed by atoms with Gasteiger partial charge in [-0.05, 0) is 23.8 Å². The van der Waals surface area contributed by atoms with Crippen molar-refractivity contribution in [1.29, 1.82) is 0 Å². The summed E-state index contributed by atoms with van der Waals surface area (Å²) in [5.41, 5.74) is 1.49. The van der Waals surface area contributed by atoms with Crippen LogP contribution in [0.3, 0.4) is 0 Å². The van der Waals surface area contributed by atoms with Gasteiger partial charge in [0.15, 0.2) is 0 Å². The van der Waals surface area contributed by atoms with Gasteiger partial charge >= 0.3 is 0 Å². The Bertz CT molecular complexity index is 700. The van der Waals surface area contributed by atoms with Crippen LogP contribution in [0.2, 0.25) is 5.02 Å². The van der Waals surface area contributed by atoms with Crippen LogP contribution in [0.1, 0.15) is 17.9 Å². The van der Waals surface area contributed by atoms with Gasteiger partial charge < -0.3 is 10.6 Å². The SMILES string of the molecule is O=C1CC(C(=O)Nc2ccc(Cl)cn2)c2ccccc2N1. The standard InChI is InChI=1S/C15H12ClN3O2/c16-9-5-6-13(17-8-9)19-15(21)11-7-14(20)18-12-4-2-1-3-10(11)12/h1-6,8,11H,7H2,(H,18,20)(H,17,19,21). The van der Waals surface area contributed by atoms with Crippen molar-refractivity contribution in [3.63, 3.8) is 0 Å². The van der Waals surface area contributed by atoms with E-state index in [-0.39, 0.29) is 18.2 Å². The largest absolute Gasteiger partial charge is 0.326 e. The molecule has 0 radical (unpaired) electrons. The fourth-order valence-electron chi connectivity index (χ4n) is 2.31. The number of benzene rings is 1. The van der Waals surface area contributed by atoms with Gasteiger partial charge in [0.2, 0.25) is 11.8 Å². The van der Waals surface area contributed by atoms with E-state index in [1.807, 2.05) is 18.2 Å². The van der Waals surface area contributed by atoms with Crippen molar-refractivity contribution in [3.8, 4) is 0 Å². The first kappa shape index (κ1) is 13.6. The summed E-state index contributed by atoms with van der Waals surface area (Å²) in [6, 6.07) is 10.6. The number of nitrogens with zero attached hydrogens (tertiary/aromatic N) is 1. The zero-order chi connectivity index (χ0) is 14.8. The van der Waals surface area contributed by atoms with E-state index in [0.717, 1.165) is 5.56 Å². The summed E-state index contributed by atoms with van der Waals surface area (Å²) < 4.78 is 0.